The Labute approximate surface area is 165 Å². The Hall–Kier alpha value is -2.96. The Morgan fingerprint density at radius 1 is 0.893 bits per heavy atom. The maximum Gasteiger partial charge on any atom is 0.274 e. The van der Waals surface area contributed by atoms with Crippen molar-refractivity contribution in [1.29, 1.82) is 0 Å². The normalized spacial score (nSPS) is 14.7. The topological polar surface area (TPSA) is 78.4 Å². The number of hydrogen-bond acceptors (Lipinski definition) is 5. The average Bonchev–Trinajstić information content (AvgIpc) is 2.68. The molecule has 0 atom stereocenters. The highest BCUT2D eigenvalue weighted by Gasteiger charge is 2.24. The summed E-state index contributed by atoms with van der Waals surface area (Å²) in [6.07, 6.45) is 0. The van der Waals surface area contributed by atoms with Gasteiger partial charge in [-0.25, -0.2) is 0 Å². The van der Waals surface area contributed by atoms with Crippen LogP contribution in [0.1, 0.15) is 43.7 Å². The molecule has 2 amide bonds. The van der Waals surface area contributed by atoms with Gasteiger partial charge in [0, 0.05) is 38.8 Å². The maximum atomic E-state index is 12.6. The molecule has 0 aliphatic carbocycles. The Morgan fingerprint density at radius 2 is 1.50 bits per heavy atom. The van der Waals surface area contributed by atoms with Gasteiger partial charge < -0.3 is 15.1 Å². The van der Waals surface area contributed by atoms with Crippen molar-refractivity contribution in [2.45, 2.75) is 33.1 Å². The second-order valence-corrected chi connectivity index (χ2v) is 8.05. The van der Waals surface area contributed by atoms with Gasteiger partial charge in [0.05, 0.1) is 0 Å². The second kappa shape index (κ2) is 7.96. The lowest BCUT2D eigenvalue weighted by molar-refractivity contribution is -0.130. The number of benzene rings is 1. The number of nitrogens with zero attached hydrogens (tertiary/aromatic N) is 4. The predicted octanol–water partition coefficient (Wildman–Crippen LogP) is 2.82. The summed E-state index contributed by atoms with van der Waals surface area (Å²) in [5.41, 5.74) is 2.59. The molecule has 1 N–H and O–H groups in total. The Bertz CT molecular complexity index is 833. The van der Waals surface area contributed by atoms with E-state index in [1.165, 1.54) is 5.56 Å². The lowest BCUT2D eigenvalue weighted by atomic mass is 9.87. The minimum Gasteiger partial charge on any atom is -0.339 e. The molecule has 2 aromatic rings. The van der Waals surface area contributed by atoms with E-state index in [0.29, 0.717) is 37.7 Å². The molecule has 0 radical (unpaired) electrons. The van der Waals surface area contributed by atoms with E-state index in [1.807, 2.05) is 12.1 Å². The summed E-state index contributed by atoms with van der Waals surface area (Å²) in [6, 6.07) is 11.6. The second-order valence-electron chi connectivity index (χ2n) is 8.05. The zero-order valence-corrected chi connectivity index (χ0v) is 16.9. The third-order valence-corrected chi connectivity index (χ3v) is 4.92. The molecule has 0 saturated carbocycles. The average molecular weight is 381 g/mol. The largest absolute Gasteiger partial charge is 0.339 e. The molecule has 1 aromatic heterocycles. The van der Waals surface area contributed by atoms with E-state index >= 15 is 0 Å². The van der Waals surface area contributed by atoms with Crippen molar-refractivity contribution < 1.29 is 9.59 Å². The van der Waals surface area contributed by atoms with Crippen molar-refractivity contribution in [3.63, 3.8) is 0 Å². The molecule has 1 aromatic carbocycles. The van der Waals surface area contributed by atoms with E-state index in [9.17, 15) is 9.59 Å². The van der Waals surface area contributed by atoms with Crippen molar-refractivity contribution in [3.8, 4) is 0 Å². The number of hydrogen-bond donors (Lipinski definition) is 1. The van der Waals surface area contributed by atoms with Crippen LogP contribution < -0.4 is 5.32 Å². The summed E-state index contributed by atoms with van der Waals surface area (Å²) in [5.74, 6) is 0.469. The number of carbonyl (C=O) groups is 2. The molecule has 7 heteroatoms. The lowest BCUT2D eigenvalue weighted by Crippen LogP contribution is -2.50. The van der Waals surface area contributed by atoms with Crippen molar-refractivity contribution in [1.82, 2.24) is 20.0 Å². The minimum absolute atomic E-state index is 0.0397. The number of aromatic nitrogens is 2. The van der Waals surface area contributed by atoms with Gasteiger partial charge in [0.1, 0.15) is 0 Å². The third kappa shape index (κ3) is 4.65. The summed E-state index contributed by atoms with van der Waals surface area (Å²) >= 11 is 0. The van der Waals surface area contributed by atoms with Crippen LogP contribution in [0.15, 0.2) is 36.4 Å². The third-order valence-electron chi connectivity index (χ3n) is 4.92. The molecule has 0 unspecified atom stereocenters. The monoisotopic (exact) mass is 381 g/mol. The number of nitrogens with one attached hydrogen (secondary N) is 1. The molecule has 148 valence electrons. The summed E-state index contributed by atoms with van der Waals surface area (Å²) in [7, 11) is 0. The van der Waals surface area contributed by atoms with E-state index < -0.39 is 0 Å². The van der Waals surface area contributed by atoms with Gasteiger partial charge in [0.25, 0.3) is 5.91 Å². The van der Waals surface area contributed by atoms with Gasteiger partial charge in [-0.3, -0.25) is 9.59 Å². The zero-order valence-electron chi connectivity index (χ0n) is 16.9. The zero-order chi connectivity index (χ0) is 20.3. The molecular formula is C21H27N5O2. The first-order chi connectivity index (χ1) is 13.2. The van der Waals surface area contributed by atoms with Crippen molar-refractivity contribution in [2.24, 2.45) is 0 Å². The first-order valence-electron chi connectivity index (χ1n) is 9.50. The Balaban J connectivity index is 1.60. The van der Waals surface area contributed by atoms with Crippen LogP contribution in [0.4, 0.5) is 11.5 Å². The van der Waals surface area contributed by atoms with E-state index in [2.05, 4.69) is 48.4 Å². The Kier molecular flexibility index (Phi) is 5.63. The lowest BCUT2D eigenvalue weighted by Gasteiger charge is -2.33. The summed E-state index contributed by atoms with van der Waals surface area (Å²) < 4.78 is 0. The number of carbonyl (C=O) groups excluding carboxylic acids is 2. The number of piperazine rings is 1. The molecule has 1 aliphatic rings. The molecule has 3 rings (SSSR count). The fourth-order valence-electron chi connectivity index (χ4n) is 3.10. The van der Waals surface area contributed by atoms with E-state index in [4.69, 9.17) is 0 Å². The quantitative estimate of drug-likeness (QED) is 0.884. The van der Waals surface area contributed by atoms with Gasteiger partial charge in [0.2, 0.25) is 5.91 Å². The van der Waals surface area contributed by atoms with Crippen LogP contribution in [0.2, 0.25) is 0 Å². The smallest absolute Gasteiger partial charge is 0.274 e. The highest BCUT2D eigenvalue weighted by molar-refractivity contribution is 5.92. The highest BCUT2D eigenvalue weighted by atomic mass is 16.2. The number of rotatable bonds is 3. The van der Waals surface area contributed by atoms with Gasteiger partial charge in [-0.15, -0.1) is 10.2 Å². The van der Waals surface area contributed by atoms with Gasteiger partial charge in [-0.05, 0) is 35.2 Å². The van der Waals surface area contributed by atoms with E-state index in [1.54, 1.807) is 28.9 Å². The van der Waals surface area contributed by atoms with Crippen LogP contribution in [-0.4, -0.2) is 58.0 Å². The molecule has 1 saturated heterocycles. The van der Waals surface area contributed by atoms with Gasteiger partial charge in [-0.2, -0.15) is 0 Å². The number of amides is 2. The fourth-order valence-corrected chi connectivity index (χ4v) is 3.10. The van der Waals surface area contributed by atoms with Crippen LogP contribution in [-0.2, 0) is 10.2 Å². The molecule has 0 bridgehead atoms. The maximum absolute atomic E-state index is 12.6. The summed E-state index contributed by atoms with van der Waals surface area (Å²) in [4.78, 5) is 27.4. The fraction of sp³-hybridized carbons (Fsp3) is 0.429. The van der Waals surface area contributed by atoms with Crippen LogP contribution >= 0.6 is 0 Å². The molecular weight excluding hydrogens is 354 g/mol. The number of anilines is 2. The van der Waals surface area contributed by atoms with Crippen molar-refractivity contribution in [3.05, 3.63) is 47.7 Å². The first kappa shape index (κ1) is 19.8. The van der Waals surface area contributed by atoms with E-state index in [-0.39, 0.29) is 17.2 Å². The molecule has 0 spiro atoms. The van der Waals surface area contributed by atoms with Crippen LogP contribution in [0.25, 0.3) is 0 Å². The predicted molar refractivity (Wildman–Crippen MR) is 109 cm³/mol. The van der Waals surface area contributed by atoms with Crippen molar-refractivity contribution in [2.75, 3.05) is 31.5 Å². The summed E-state index contributed by atoms with van der Waals surface area (Å²) in [6.45, 7) is 10.2. The molecule has 28 heavy (non-hydrogen) atoms. The molecule has 7 nitrogen and oxygen atoms in total. The SMILES string of the molecule is CC(=O)N1CCN(C(=O)c2ccc(Nc3ccc(C(C)(C)C)cc3)nn2)CC1. The Morgan fingerprint density at radius 3 is 2.00 bits per heavy atom. The van der Waals surface area contributed by atoms with E-state index in [0.717, 1.165) is 5.69 Å². The highest BCUT2D eigenvalue weighted by Crippen LogP contribution is 2.24. The van der Waals surface area contributed by atoms with Gasteiger partial charge in [-0.1, -0.05) is 32.9 Å². The molecule has 1 aliphatic heterocycles. The van der Waals surface area contributed by atoms with Gasteiger partial charge >= 0.3 is 0 Å². The molecule has 2 heterocycles. The molecule has 1 fully saturated rings. The minimum atomic E-state index is -0.156. The first-order valence-corrected chi connectivity index (χ1v) is 9.50. The van der Waals surface area contributed by atoms with Crippen molar-refractivity contribution >= 4 is 23.3 Å². The van der Waals surface area contributed by atoms with Crippen LogP contribution in [0, 0.1) is 0 Å². The standard InChI is InChI=1S/C21H27N5O2/c1-15(27)25-11-13-26(14-12-25)20(28)18-9-10-19(24-23-18)22-17-7-5-16(6-8-17)21(2,3)4/h5-10H,11-14H2,1-4H3,(H,22,24). The van der Waals surface area contributed by atoms with Gasteiger partial charge in [0.15, 0.2) is 11.5 Å². The van der Waals surface area contributed by atoms with Crippen LogP contribution in [0.5, 0.6) is 0 Å². The van der Waals surface area contributed by atoms with Crippen LogP contribution in [0.3, 0.4) is 0 Å². The summed E-state index contributed by atoms with van der Waals surface area (Å²) in [5, 5.41) is 11.4.